The van der Waals surface area contributed by atoms with Gasteiger partial charge in [-0.3, -0.25) is 9.29 Å². The number of hydrogen-bond acceptors (Lipinski definition) is 4. The number of benzene rings is 3. The number of nitrogens with zero attached hydrogens (tertiary/aromatic N) is 1. The monoisotopic (exact) mass is 513 g/mol. The van der Waals surface area contributed by atoms with E-state index in [1.165, 1.54) is 12.1 Å². The molecule has 0 amide bonds. The predicted molar refractivity (Wildman–Crippen MR) is 139 cm³/mol. The molecule has 3 aromatic rings. The van der Waals surface area contributed by atoms with Crippen LogP contribution in [0, 0.1) is 5.82 Å². The van der Waals surface area contributed by atoms with Crippen LogP contribution in [0.15, 0.2) is 65.6 Å². The zero-order chi connectivity index (χ0) is 24.4. The minimum absolute atomic E-state index is 0.100. The Morgan fingerprint density at radius 2 is 1.86 bits per heavy atom. The minimum Gasteiger partial charge on any atom is -0.508 e. The molecule has 35 heavy (non-hydrogen) atoms. The molecule has 0 radical (unpaired) electrons. The molecule has 1 saturated heterocycles. The molecule has 1 fully saturated rings. The first-order valence-electron chi connectivity index (χ1n) is 11.7. The number of phenolic OH excluding ortho intramolecular Hbond substituents is 1. The van der Waals surface area contributed by atoms with Gasteiger partial charge in [0, 0.05) is 30.3 Å². The van der Waals surface area contributed by atoms with E-state index in [1.807, 2.05) is 30.3 Å². The van der Waals surface area contributed by atoms with E-state index in [1.54, 1.807) is 30.0 Å². The molecule has 5 rings (SSSR count). The van der Waals surface area contributed by atoms with E-state index in [2.05, 4.69) is 4.90 Å². The van der Waals surface area contributed by atoms with Gasteiger partial charge in [-0.15, -0.1) is 11.8 Å². The number of ether oxygens (including phenoxy) is 1. The van der Waals surface area contributed by atoms with Gasteiger partial charge < -0.3 is 9.84 Å². The Bertz CT molecular complexity index is 1250. The summed E-state index contributed by atoms with van der Waals surface area (Å²) in [5.41, 5.74) is 4.83. The van der Waals surface area contributed by atoms with E-state index in [4.69, 9.17) is 16.3 Å². The standard InChI is InChI=1S/C28H26ClF2NO2S/c29-26-14-19(31)4-8-23(26)25-17-35-27-15-20(33)5-9-24(27)28(25)18-2-6-21(7-3-18)34-22-10-13-32(16-22)12-1-11-30/h2-9,14-15,22,33H,1,10-13,16-17H2/t22-/m0/s1. The van der Waals surface area contributed by atoms with Gasteiger partial charge in [-0.2, -0.15) is 0 Å². The Hall–Kier alpha value is -2.54. The van der Waals surface area contributed by atoms with Crippen LogP contribution >= 0.6 is 23.4 Å². The molecule has 0 aliphatic carbocycles. The lowest BCUT2D eigenvalue weighted by Crippen LogP contribution is -2.26. The Balaban J connectivity index is 1.46. The molecule has 0 aromatic heterocycles. The van der Waals surface area contributed by atoms with Gasteiger partial charge in [0.2, 0.25) is 0 Å². The van der Waals surface area contributed by atoms with Crippen LogP contribution < -0.4 is 4.74 Å². The van der Waals surface area contributed by atoms with E-state index in [0.29, 0.717) is 17.2 Å². The molecule has 0 saturated carbocycles. The molecule has 182 valence electrons. The zero-order valence-corrected chi connectivity index (χ0v) is 20.7. The Kier molecular flexibility index (Phi) is 7.32. The SMILES string of the molecule is Oc1ccc2c(c1)SCC(c1ccc(F)cc1Cl)=C2c1ccc(O[C@H]2CCN(CCCF)C2)cc1. The topological polar surface area (TPSA) is 32.7 Å². The highest BCUT2D eigenvalue weighted by atomic mass is 35.5. The second kappa shape index (κ2) is 10.6. The van der Waals surface area contributed by atoms with Crippen molar-refractivity contribution in [3.63, 3.8) is 0 Å². The molecular formula is C28H26ClF2NO2S. The fourth-order valence-electron chi connectivity index (χ4n) is 4.77. The fraction of sp³-hybridized carbons (Fsp3) is 0.286. The van der Waals surface area contributed by atoms with Crippen LogP contribution in [0.25, 0.3) is 11.1 Å². The molecule has 2 aliphatic rings. The second-order valence-corrected chi connectivity index (χ2v) is 10.3. The van der Waals surface area contributed by atoms with Crippen molar-refractivity contribution < 1.29 is 18.6 Å². The summed E-state index contributed by atoms with van der Waals surface area (Å²) in [6, 6.07) is 17.9. The van der Waals surface area contributed by atoms with Gasteiger partial charge in [0.25, 0.3) is 0 Å². The lowest BCUT2D eigenvalue weighted by atomic mass is 9.89. The van der Waals surface area contributed by atoms with Crippen molar-refractivity contribution in [3.05, 3.63) is 88.2 Å². The van der Waals surface area contributed by atoms with Crippen molar-refractivity contribution in [1.29, 1.82) is 0 Å². The Morgan fingerprint density at radius 1 is 1.06 bits per heavy atom. The molecule has 1 N–H and O–H groups in total. The summed E-state index contributed by atoms with van der Waals surface area (Å²) < 4.78 is 32.4. The van der Waals surface area contributed by atoms with Crippen molar-refractivity contribution >= 4 is 34.5 Å². The highest BCUT2D eigenvalue weighted by Crippen LogP contribution is 2.46. The average Bonchev–Trinajstić information content (AvgIpc) is 3.30. The van der Waals surface area contributed by atoms with Crippen LogP contribution in [0.1, 0.15) is 29.5 Å². The van der Waals surface area contributed by atoms with E-state index < -0.39 is 0 Å². The highest BCUT2D eigenvalue weighted by molar-refractivity contribution is 7.99. The molecule has 2 aliphatic heterocycles. The van der Waals surface area contributed by atoms with Crippen molar-refractivity contribution in [2.75, 3.05) is 32.1 Å². The third-order valence-corrected chi connectivity index (χ3v) is 7.84. The Morgan fingerprint density at radius 3 is 2.63 bits per heavy atom. The van der Waals surface area contributed by atoms with E-state index in [9.17, 15) is 13.9 Å². The number of thioether (sulfide) groups is 1. The van der Waals surface area contributed by atoms with Gasteiger partial charge in [-0.25, -0.2) is 4.39 Å². The van der Waals surface area contributed by atoms with Crippen molar-refractivity contribution in [1.82, 2.24) is 4.90 Å². The van der Waals surface area contributed by atoms with Crippen LogP contribution in [0.5, 0.6) is 11.5 Å². The van der Waals surface area contributed by atoms with Gasteiger partial charge in [0.1, 0.15) is 23.4 Å². The summed E-state index contributed by atoms with van der Waals surface area (Å²) >= 11 is 8.09. The molecule has 3 aromatic carbocycles. The molecule has 1 atom stereocenters. The lowest BCUT2D eigenvalue weighted by Gasteiger charge is -2.25. The second-order valence-electron chi connectivity index (χ2n) is 8.84. The van der Waals surface area contributed by atoms with E-state index in [0.717, 1.165) is 64.5 Å². The van der Waals surface area contributed by atoms with Crippen LogP contribution in [0.2, 0.25) is 5.02 Å². The lowest BCUT2D eigenvalue weighted by molar-refractivity contribution is 0.198. The highest BCUT2D eigenvalue weighted by Gasteiger charge is 2.25. The molecule has 0 unspecified atom stereocenters. The number of rotatable bonds is 7. The largest absolute Gasteiger partial charge is 0.508 e. The van der Waals surface area contributed by atoms with Crippen LogP contribution in [0.3, 0.4) is 0 Å². The van der Waals surface area contributed by atoms with E-state index in [-0.39, 0.29) is 24.3 Å². The third-order valence-electron chi connectivity index (χ3n) is 6.45. The number of phenols is 1. The molecular weight excluding hydrogens is 488 g/mol. The maximum absolute atomic E-state index is 13.7. The Labute approximate surface area is 213 Å². The van der Waals surface area contributed by atoms with Gasteiger partial charge in [-0.05, 0) is 83.1 Å². The number of fused-ring (bicyclic) bond motifs is 1. The van der Waals surface area contributed by atoms with Gasteiger partial charge >= 0.3 is 0 Å². The number of aromatic hydroxyl groups is 1. The van der Waals surface area contributed by atoms with Crippen LogP contribution in [-0.4, -0.2) is 48.2 Å². The molecule has 3 nitrogen and oxygen atoms in total. The average molecular weight is 514 g/mol. The summed E-state index contributed by atoms with van der Waals surface area (Å²) in [5.74, 6) is 1.29. The van der Waals surface area contributed by atoms with Crippen molar-refractivity contribution in [2.45, 2.75) is 23.8 Å². The first kappa shape index (κ1) is 24.2. The number of hydrogen-bond donors (Lipinski definition) is 1. The summed E-state index contributed by atoms with van der Waals surface area (Å²) in [4.78, 5) is 3.23. The first-order chi connectivity index (χ1) is 17.0. The molecule has 2 heterocycles. The first-order valence-corrected chi connectivity index (χ1v) is 13.1. The van der Waals surface area contributed by atoms with Crippen LogP contribution in [-0.2, 0) is 0 Å². The van der Waals surface area contributed by atoms with Crippen molar-refractivity contribution in [3.8, 4) is 11.5 Å². The number of alkyl halides is 1. The number of likely N-dealkylation sites (tertiary alicyclic amines) is 1. The number of halogens is 3. The van der Waals surface area contributed by atoms with Gasteiger partial charge in [-0.1, -0.05) is 29.8 Å². The quantitative estimate of drug-likeness (QED) is 0.366. The normalized spacial score (nSPS) is 18.1. The molecule has 0 bridgehead atoms. The van der Waals surface area contributed by atoms with E-state index >= 15 is 0 Å². The summed E-state index contributed by atoms with van der Waals surface area (Å²) in [7, 11) is 0. The van der Waals surface area contributed by atoms with Crippen molar-refractivity contribution in [2.24, 2.45) is 0 Å². The fourth-order valence-corrected chi connectivity index (χ4v) is 6.18. The summed E-state index contributed by atoms with van der Waals surface area (Å²) in [6.45, 7) is 2.23. The zero-order valence-electron chi connectivity index (χ0n) is 19.1. The smallest absolute Gasteiger partial charge is 0.124 e. The third kappa shape index (κ3) is 5.35. The molecule has 0 spiro atoms. The summed E-state index contributed by atoms with van der Waals surface area (Å²) in [5, 5.41) is 10.4. The minimum atomic E-state index is -0.369. The maximum Gasteiger partial charge on any atom is 0.124 e. The predicted octanol–water partition coefficient (Wildman–Crippen LogP) is 7.06. The molecule has 7 heteroatoms. The maximum atomic E-state index is 13.7. The van der Waals surface area contributed by atoms with Gasteiger partial charge in [0.05, 0.1) is 11.7 Å². The summed E-state index contributed by atoms with van der Waals surface area (Å²) in [6.07, 6.45) is 1.60. The van der Waals surface area contributed by atoms with Gasteiger partial charge in [0.15, 0.2) is 0 Å². The van der Waals surface area contributed by atoms with Crippen LogP contribution in [0.4, 0.5) is 8.78 Å².